The summed E-state index contributed by atoms with van der Waals surface area (Å²) >= 11 is 5.88. The fourth-order valence-corrected chi connectivity index (χ4v) is 1.84. The molecule has 1 aromatic carbocycles. The molecule has 2 aromatic rings. The predicted molar refractivity (Wildman–Crippen MR) is 84.8 cm³/mol. The van der Waals surface area contributed by atoms with Gasteiger partial charge in [0, 0.05) is 23.3 Å². The fourth-order valence-electron chi connectivity index (χ4n) is 1.65. The van der Waals surface area contributed by atoms with Crippen molar-refractivity contribution >= 4 is 29.0 Å². The zero-order chi connectivity index (χ0) is 15.2. The molecule has 0 aliphatic heterocycles. The van der Waals surface area contributed by atoms with E-state index in [-0.39, 0.29) is 5.91 Å². The molecule has 2 N–H and O–H groups in total. The largest absolute Gasteiger partial charge is 0.370 e. The van der Waals surface area contributed by atoms with Crippen LogP contribution in [0.4, 0.5) is 11.5 Å². The summed E-state index contributed by atoms with van der Waals surface area (Å²) in [6.45, 7) is 4.98. The van der Waals surface area contributed by atoms with Gasteiger partial charge in [-0.1, -0.05) is 31.5 Å². The zero-order valence-electron chi connectivity index (χ0n) is 11.9. The van der Waals surface area contributed by atoms with Crippen LogP contribution in [-0.2, 0) is 0 Å². The van der Waals surface area contributed by atoms with Crippen molar-refractivity contribution in [2.45, 2.75) is 13.8 Å². The molecule has 0 aliphatic carbocycles. The minimum Gasteiger partial charge on any atom is -0.370 e. The van der Waals surface area contributed by atoms with Gasteiger partial charge >= 0.3 is 0 Å². The van der Waals surface area contributed by atoms with E-state index in [9.17, 15) is 4.79 Å². The summed E-state index contributed by atoms with van der Waals surface area (Å²) < 4.78 is 0. The normalized spacial score (nSPS) is 10.5. The smallest absolute Gasteiger partial charge is 0.274 e. The summed E-state index contributed by atoms with van der Waals surface area (Å²) in [6.07, 6.45) is 1.37. The number of aromatic nitrogens is 2. The molecule has 0 saturated carbocycles. The second-order valence-electron chi connectivity index (χ2n) is 5.03. The maximum atomic E-state index is 12.1. The first kappa shape index (κ1) is 15.3. The average Bonchev–Trinajstić information content (AvgIpc) is 2.45. The third-order valence-corrected chi connectivity index (χ3v) is 2.91. The van der Waals surface area contributed by atoms with Gasteiger partial charge in [-0.25, -0.2) is 9.97 Å². The van der Waals surface area contributed by atoms with Crippen LogP contribution in [0.3, 0.4) is 0 Å². The monoisotopic (exact) mass is 304 g/mol. The van der Waals surface area contributed by atoms with E-state index in [1.165, 1.54) is 6.33 Å². The summed E-state index contributed by atoms with van der Waals surface area (Å²) in [6, 6.07) is 8.59. The van der Waals surface area contributed by atoms with Crippen LogP contribution < -0.4 is 10.6 Å². The number of nitrogens with one attached hydrogen (secondary N) is 2. The molecule has 6 heteroatoms. The van der Waals surface area contributed by atoms with E-state index < -0.39 is 0 Å². The van der Waals surface area contributed by atoms with Crippen molar-refractivity contribution in [3.63, 3.8) is 0 Å². The molecule has 0 atom stereocenters. The molecule has 0 radical (unpaired) electrons. The minimum absolute atomic E-state index is 0.299. The fraction of sp³-hybridized carbons (Fsp3) is 0.267. The van der Waals surface area contributed by atoms with Crippen LogP contribution in [0.15, 0.2) is 36.7 Å². The van der Waals surface area contributed by atoms with Crippen molar-refractivity contribution in [2.75, 3.05) is 17.2 Å². The van der Waals surface area contributed by atoms with Crippen LogP contribution in [0.2, 0.25) is 5.02 Å². The number of carbonyl (C=O) groups is 1. The predicted octanol–water partition coefficient (Wildman–Crippen LogP) is 3.45. The molecular weight excluding hydrogens is 288 g/mol. The van der Waals surface area contributed by atoms with Crippen LogP contribution in [0.25, 0.3) is 0 Å². The number of rotatable bonds is 5. The van der Waals surface area contributed by atoms with Gasteiger partial charge in [0.05, 0.1) is 0 Å². The van der Waals surface area contributed by atoms with Gasteiger partial charge in [0.1, 0.15) is 17.8 Å². The van der Waals surface area contributed by atoms with Crippen LogP contribution in [-0.4, -0.2) is 22.4 Å². The van der Waals surface area contributed by atoms with Crippen molar-refractivity contribution in [1.82, 2.24) is 9.97 Å². The first-order valence-electron chi connectivity index (χ1n) is 6.67. The van der Waals surface area contributed by atoms with E-state index in [4.69, 9.17) is 11.6 Å². The van der Waals surface area contributed by atoms with Crippen molar-refractivity contribution in [2.24, 2.45) is 5.92 Å². The van der Waals surface area contributed by atoms with Crippen LogP contribution in [0.5, 0.6) is 0 Å². The molecule has 1 heterocycles. The lowest BCUT2D eigenvalue weighted by atomic mass is 10.2. The van der Waals surface area contributed by atoms with Gasteiger partial charge in [-0.15, -0.1) is 0 Å². The highest BCUT2D eigenvalue weighted by Gasteiger charge is 2.09. The topological polar surface area (TPSA) is 66.9 Å². The zero-order valence-corrected chi connectivity index (χ0v) is 12.7. The van der Waals surface area contributed by atoms with E-state index in [0.29, 0.717) is 28.1 Å². The Bertz CT molecular complexity index is 631. The van der Waals surface area contributed by atoms with Crippen LogP contribution in [0, 0.1) is 5.92 Å². The lowest BCUT2D eigenvalue weighted by Gasteiger charge is -2.09. The summed E-state index contributed by atoms with van der Waals surface area (Å²) in [7, 11) is 0. The molecule has 0 fully saturated rings. The van der Waals surface area contributed by atoms with E-state index in [2.05, 4.69) is 34.4 Å². The molecule has 1 aromatic heterocycles. The number of hydrogen-bond acceptors (Lipinski definition) is 4. The summed E-state index contributed by atoms with van der Waals surface area (Å²) in [5, 5.41) is 6.47. The molecule has 0 aliphatic rings. The van der Waals surface area contributed by atoms with Crippen LogP contribution in [0.1, 0.15) is 24.3 Å². The van der Waals surface area contributed by atoms with E-state index in [1.807, 2.05) is 0 Å². The second kappa shape index (κ2) is 7.04. The lowest BCUT2D eigenvalue weighted by molar-refractivity contribution is 0.102. The van der Waals surface area contributed by atoms with E-state index in [1.54, 1.807) is 30.3 Å². The molecule has 21 heavy (non-hydrogen) atoms. The Balaban J connectivity index is 2.07. The van der Waals surface area contributed by atoms with Gasteiger partial charge in [-0.3, -0.25) is 4.79 Å². The Kier molecular flexibility index (Phi) is 5.11. The molecular formula is C15H17ClN4O. The molecule has 110 valence electrons. The highest BCUT2D eigenvalue weighted by molar-refractivity contribution is 6.30. The molecule has 5 nitrogen and oxygen atoms in total. The highest BCUT2D eigenvalue weighted by atomic mass is 35.5. The average molecular weight is 305 g/mol. The van der Waals surface area contributed by atoms with Crippen molar-refractivity contribution in [3.05, 3.63) is 47.4 Å². The SMILES string of the molecule is CC(C)CNc1cc(C(=O)Nc2cccc(Cl)c2)ncn1. The Labute approximate surface area is 128 Å². The number of anilines is 2. The Morgan fingerprint density at radius 1 is 1.29 bits per heavy atom. The number of nitrogens with zero attached hydrogens (tertiary/aromatic N) is 2. The van der Waals surface area contributed by atoms with Gasteiger partial charge in [0.25, 0.3) is 5.91 Å². The lowest BCUT2D eigenvalue weighted by Crippen LogP contribution is -2.15. The van der Waals surface area contributed by atoms with Crippen molar-refractivity contribution < 1.29 is 4.79 Å². The number of hydrogen-bond donors (Lipinski definition) is 2. The maximum Gasteiger partial charge on any atom is 0.274 e. The third kappa shape index (κ3) is 4.72. The maximum absolute atomic E-state index is 12.1. The quantitative estimate of drug-likeness (QED) is 0.888. The Morgan fingerprint density at radius 2 is 2.10 bits per heavy atom. The number of carbonyl (C=O) groups excluding carboxylic acids is 1. The molecule has 0 spiro atoms. The van der Waals surface area contributed by atoms with E-state index >= 15 is 0 Å². The first-order valence-corrected chi connectivity index (χ1v) is 7.05. The van der Waals surface area contributed by atoms with Crippen LogP contribution >= 0.6 is 11.6 Å². The number of halogens is 1. The van der Waals surface area contributed by atoms with Gasteiger partial charge < -0.3 is 10.6 Å². The Morgan fingerprint density at radius 3 is 2.81 bits per heavy atom. The molecule has 0 bridgehead atoms. The summed E-state index contributed by atoms with van der Waals surface area (Å²) in [5.41, 5.74) is 0.930. The Hall–Kier alpha value is -2.14. The minimum atomic E-state index is -0.299. The van der Waals surface area contributed by atoms with Gasteiger partial charge in [-0.05, 0) is 24.1 Å². The van der Waals surface area contributed by atoms with Crippen molar-refractivity contribution in [3.8, 4) is 0 Å². The van der Waals surface area contributed by atoms with Gasteiger partial charge in [0.15, 0.2) is 0 Å². The van der Waals surface area contributed by atoms with E-state index in [0.717, 1.165) is 6.54 Å². The molecule has 0 unspecified atom stereocenters. The summed E-state index contributed by atoms with van der Waals surface area (Å²) in [5.74, 6) is 0.825. The summed E-state index contributed by atoms with van der Waals surface area (Å²) in [4.78, 5) is 20.2. The number of amides is 1. The van der Waals surface area contributed by atoms with Crippen molar-refractivity contribution in [1.29, 1.82) is 0 Å². The molecule has 0 saturated heterocycles. The molecule has 1 amide bonds. The first-order chi connectivity index (χ1) is 10.0. The molecule has 2 rings (SSSR count). The number of benzene rings is 1. The van der Waals surface area contributed by atoms with Gasteiger partial charge in [0.2, 0.25) is 0 Å². The standard InChI is InChI=1S/C15H17ClN4O/c1-10(2)8-17-14-7-13(18-9-19-14)15(21)20-12-5-3-4-11(16)6-12/h3-7,9-10H,8H2,1-2H3,(H,20,21)(H,17,18,19). The third-order valence-electron chi connectivity index (χ3n) is 2.67. The highest BCUT2D eigenvalue weighted by Crippen LogP contribution is 2.16. The second-order valence-corrected chi connectivity index (χ2v) is 5.46. The van der Waals surface area contributed by atoms with Gasteiger partial charge in [-0.2, -0.15) is 0 Å².